The van der Waals surface area contributed by atoms with Crippen LogP contribution in [-0.2, 0) is 20.7 Å². The van der Waals surface area contributed by atoms with E-state index in [1.165, 1.54) is 5.57 Å². The van der Waals surface area contributed by atoms with E-state index in [0.717, 1.165) is 56.5 Å². The molecule has 170 valence electrons. The van der Waals surface area contributed by atoms with E-state index in [9.17, 15) is 9.59 Å². The van der Waals surface area contributed by atoms with Crippen LogP contribution in [0.2, 0.25) is 0 Å². The Bertz CT molecular complexity index is 993. The minimum absolute atomic E-state index is 0.175. The van der Waals surface area contributed by atoms with Gasteiger partial charge < -0.3 is 9.15 Å². The summed E-state index contributed by atoms with van der Waals surface area (Å²) in [6.45, 7) is 4.18. The number of hydrogen-bond donors (Lipinski definition) is 0. The quantitative estimate of drug-likeness (QED) is 0.459. The second kappa shape index (κ2) is 7.94. The predicted molar refractivity (Wildman–Crippen MR) is 122 cm³/mol. The maximum absolute atomic E-state index is 12.9. The summed E-state index contributed by atoms with van der Waals surface area (Å²) in [5, 5.41) is 0. The fourth-order valence-corrected chi connectivity index (χ4v) is 7.70. The van der Waals surface area contributed by atoms with Crippen molar-refractivity contribution in [1.29, 1.82) is 0 Å². The summed E-state index contributed by atoms with van der Waals surface area (Å²) in [6.07, 6.45) is 16.6. The van der Waals surface area contributed by atoms with Crippen LogP contribution >= 0.6 is 0 Å². The van der Waals surface area contributed by atoms with Crippen molar-refractivity contribution in [2.45, 2.75) is 83.7 Å². The highest BCUT2D eigenvalue weighted by molar-refractivity contribution is 5.91. The van der Waals surface area contributed by atoms with Gasteiger partial charge in [0.15, 0.2) is 11.4 Å². The lowest BCUT2D eigenvalue weighted by Crippen LogP contribution is -2.53. The molecule has 0 unspecified atom stereocenters. The number of rotatable bonds is 4. The molecule has 0 spiro atoms. The average molecular weight is 435 g/mol. The lowest BCUT2D eigenvalue weighted by Gasteiger charge is -2.55. The van der Waals surface area contributed by atoms with Gasteiger partial charge >= 0.3 is 5.97 Å². The number of hydrogen-bond acceptors (Lipinski definition) is 4. The first-order valence-electron chi connectivity index (χ1n) is 12.3. The summed E-state index contributed by atoms with van der Waals surface area (Å²) >= 11 is 0. The monoisotopic (exact) mass is 434 g/mol. The summed E-state index contributed by atoms with van der Waals surface area (Å²) in [5.41, 5.74) is 0.412. The third-order valence-electron chi connectivity index (χ3n) is 9.31. The van der Waals surface area contributed by atoms with E-state index in [0.29, 0.717) is 42.3 Å². The highest BCUT2D eigenvalue weighted by Gasteiger charge is 2.64. The minimum atomic E-state index is -0.808. The molecule has 1 aromatic rings. The highest BCUT2D eigenvalue weighted by atomic mass is 16.6. The number of carbonyl (C=O) groups excluding carboxylic acids is 2. The Balaban J connectivity index is 1.31. The van der Waals surface area contributed by atoms with E-state index in [2.05, 4.69) is 12.8 Å². The van der Waals surface area contributed by atoms with Gasteiger partial charge in [0, 0.05) is 18.3 Å². The van der Waals surface area contributed by atoms with E-state index in [1.54, 1.807) is 0 Å². The number of carbonyl (C=O) groups is 2. The number of aryl methyl sites for hydroxylation is 2. The zero-order chi connectivity index (χ0) is 22.5. The molecule has 0 amide bonds. The van der Waals surface area contributed by atoms with Crippen molar-refractivity contribution in [2.75, 3.05) is 0 Å². The molecule has 0 saturated heterocycles. The second-order valence-corrected chi connectivity index (χ2v) is 10.8. The lowest BCUT2D eigenvalue weighted by molar-refractivity contribution is -0.170. The van der Waals surface area contributed by atoms with Crippen molar-refractivity contribution < 1.29 is 18.7 Å². The van der Waals surface area contributed by atoms with Crippen molar-refractivity contribution >= 4 is 11.8 Å². The summed E-state index contributed by atoms with van der Waals surface area (Å²) in [4.78, 5) is 24.8. The van der Waals surface area contributed by atoms with Gasteiger partial charge in [-0.1, -0.05) is 18.4 Å². The average Bonchev–Trinajstić information content (AvgIpc) is 3.32. The van der Waals surface area contributed by atoms with E-state index >= 15 is 0 Å². The summed E-state index contributed by atoms with van der Waals surface area (Å²) < 4.78 is 11.8. The molecule has 0 bridgehead atoms. The van der Waals surface area contributed by atoms with Crippen molar-refractivity contribution in [1.82, 2.24) is 0 Å². The van der Waals surface area contributed by atoms with Crippen LogP contribution in [0.25, 0.3) is 0 Å². The van der Waals surface area contributed by atoms with Crippen LogP contribution < -0.4 is 0 Å². The molecule has 4 aliphatic rings. The zero-order valence-electron chi connectivity index (χ0n) is 19.3. The Morgan fingerprint density at radius 2 is 2.03 bits per heavy atom. The highest BCUT2D eigenvalue weighted by Crippen LogP contribution is 2.65. The molecule has 5 rings (SSSR count). The molecule has 32 heavy (non-hydrogen) atoms. The Morgan fingerprint density at radius 3 is 2.78 bits per heavy atom. The van der Waals surface area contributed by atoms with Crippen LogP contribution in [0.3, 0.4) is 0 Å². The summed E-state index contributed by atoms with van der Waals surface area (Å²) in [7, 11) is 0. The van der Waals surface area contributed by atoms with Crippen LogP contribution in [-0.4, -0.2) is 17.4 Å². The van der Waals surface area contributed by atoms with E-state index in [4.69, 9.17) is 15.6 Å². The fourth-order valence-electron chi connectivity index (χ4n) is 7.70. The van der Waals surface area contributed by atoms with Gasteiger partial charge in [0.25, 0.3) is 0 Å². The normalized spacial score (nSPS) is 38.2. The first kappa shape index (κ1) is 21.6. The van der Waals surface area contributed by atoms with Crippen molar-refractivity contribution in [3.8, 4) is 12.3 Å². The molecular weight excluding hydrogens is 400 g/mol. The predicted octanol–water partition coefficient (Wildman–Crippen LogP) is 5.58. The van der Waals surface area contributed by atoms with Gasteiger partial charge in [-0.05, 0) is 93.7 Å². The van der Waals surface area contributed by atoms with Gasteiger partial charge in [-0.2, -0.15) is 0 Å². The third-order valence-corrected chi connectivity index (χ3v) is 9.31. The Kier molecular flexibility index (Phi) is 5.35. The molecule has 0 aliphatic heterocycles. The molecule has 0 radical (unpaired) electrons. The summed E-state index contributed by atoms with van der Waals surface area (Å²) in [5.74, 6) is 7.04. The van der Waals surface area contributed by atoms with Gasteiger partial charge in [0.1, 0.15) is 11.5 Å². The Labute approximate surface area is 191 Å². The number of furan rings is 1. The lowest BCUT2D eigenvalue weighted by atomic mass is 9.50. The maximum Gasteiger partial charge on any atom is 0.307 e. The van der Waals surface area contributed by atoms with E-state index in [1.807, 2.05) is 25.1 Å². The number of esters is 1. The first-order chi connectivity index (χ1) is 15.3. The molecule has 3 saturated carbocycles. The first-order valence-corrected chi connectivity index (χ1v) is 12.3. The second-order valence-electron chi connectivity index (χ2n) is 10.8. The number of terminal acetylenes is 1. The van der Waals surface area contributed by atoms with Gasteiger partial charge in [0.2, 0.25) is 0 Å². The summed E-state index contributed by atoms with van der Waals surface area (Å²) in [6, 6.07) is 3.83. The molecule has 6 atom stereocenters. The largest absolute Gasteiger partial charge is 0.466 e. The zero-order valence-corrected chi connectivity index (χ0v) is 19.3. The van der Waals surface area contributed by atoms with Crippen LogP contribution in [0.4, 0.5) is 0 Å². The van der Waals surface area contributed by atoms with E-state index < -0.39 is 5.60 Å². The number of allylic oxidation sites excluding steroid dienone is 1. The van der Waals surface area contributed by atoms with Crippen molar-refractivity contribution in [2.24, 2.45) is 29.1 Å². The number of ketones is 1. The van der Waals surface area contributed by atoms with Gasteiger partial charge in [-0.15, -0.1) is 6.42 Å². The standard InChI is InChI=1S/C28H34O4/c1-4-28(32-26(30)12-9-21-8-5-18(2)31-21)16-14-25-24-10-6-19-17-20(29)7-11-22(19)23(24)13-15-27(25,28)3/h1,5,8,17,22-25H,6-7,9-16H2,2-3H3/t22-,23-,24+,25+,27+,28-/m0/s1. The molecular formula is C28H34O4. The molecule has 4 nitrogen and oxygen atoms in total. The maximum atomic E-state index is 12.9. The van der Waals surface area contributed by atoms with Crippen molar-refractivity contribution in [3.63, 3.8) is 0 Å². The van der Waals surface area contributed by atoms with Crippen LogP contribution in [0.1, 0.15) is 76.2 Å². The molecule has 1 heterocycles. The van der Waals surface area contributed by atoms with Crippen LogP contribution in [0.15, 0.2) is 28.2 Å². The SMILES string of the molecule is C#C[C@]1(OC(=O)CCc2ccc(C)o2)CC[C@@H]2[C@@H]3CCC4=CC(=O)CC[C@@H]4[C@@H]3CC[C@]21C. The van der Waals surface area contributed by atoms with E-state index in [-0.39, 0.29) is 17.8 Å². The Hall–Kier alpha value is -2.28. The number of fused-ring (bicyclic) bond motifs is 5. The fraction of sp³-hybridized carbons (Fsp3) is 0.643. The molecule has 4 aliphatic carbocycles. The molecule has 4 heteroatoms. The third kappa shape index (κ3) is 3.36. The molecule has 3 fully saturated rings. The minimum Gasteiger partial charge on any atom is -0.466 e. The van der Waals surface area contributed by atoms with Gasteiger partial charge in [-0.3, -0.25) is 9.59 Å². The Morgan fingerprint density at radius 1 is 1.19 bits per heavy atom. The molecule has 0 aromatic carbocycles. The van der Waals surface area contributed by atoms with Crippen LogP contribution in [0, 0.1) is 48.4 Å². The van der Waals surface area contributed by atoms with Gasteiger partial charge in [0.05, 0.1) is 6.42 Å². The smallest absolute Gasteiger partial charge is 0.307 e. The molecule has 1 aromatic heterocycles. The number of ether oxygens (including phenoxy) is 1. The molecule has 0 N–H and O–H groups in total. The topological polar surface area (TPSA) is 56.5 Å². The van der Waals surface area contributed by atoms with Crippen LogP contribution in [0.5, 0.6) is 0 Å². The van der Waals surface area contributed by atoms with Crippen molar-refractivity contribution in [3.05, 3.63) is 35.3 Å². The van der Waals surface area contributed by atoms with Gasteiger partial charge in [-0.25, -0.2) is 0 Å².